The number of anilines is 1. The van der Waals surface area contributed by atoms with Gasteiger partial charge in [0, 0.05) is 49.6 Å². The van der Waals surface area contributed by atoms with E-state index < -0.39 is 0 Å². The van der Waals surface area contributed by atoms with Crippen molar-refractivity contribution in [2.75, 3.05) is 31.5 Å². The SMILES string of the molecule is N#C/C(=C/Nc1ccc(Cl)cc1)C(=O)N1CCN(Cc2ccccc2)CC1. The molecular formula is C21H21ClN4O. The van der Waals surface area contributed by atoms with Gasteiger partial charge in [-0.3, -0.25) is 9.69 Å². The second-order valence-electron chi connectivity index (χ2n) is 6.37. The van der Waals surface area contributed by atoms with Gasteiger partial charge in [0.15, 0.2) is 0 Å². The third-order valence-corrected chi connectivity index (χ3v) is 4.74. The number of amides is 1. The fourth-order valence-electron chi connectivity index (χ4n) is 2.96. The number of nitrogens with one attached hydrogen (secondary N) is 1. The average molecular weight is 381 g/mol. The number of benzene rings is 2. The van der Waals surface area contributed by atoms with Crippen LogP contribution in [0.5, 0.6) is 0 Å². The van der Waals surface area contributed by atoms with Crippen LogP contribution in [0.2, 0.25) is 5.02 Å². The lowest BCUT2D eigenvalue weighted by Crippen LogP contribution is -2.48. The molecule has 27 heavy (non-hydrogen) atoms. The molecule has 2 aromatic carbocycles. The Morgan fingerprint density at radius 2 is 1.74 bits per heavy atom. The zero-order chi connectivity index (χ0) is 19.1. The number of nitriles is 1. The van der Waals surface area contributed by atoms with Crippen LogP contribution in [0.1, 0.15) is 5.56 Å². The maximum absolute atomic E-state index is 12.6. The zero-order valence-corrected chi connectivity index (χ0v) is 15.7. The maximum atomic E-state index is 12.6. The first-order chi connectivity index (χ1) is 13.2. The molecule has 1 saturated heterocycles. The minimum Gasteiger partial charge on any atom is -0.360 e. The van der Waals surface area contributed by atoms with E-state index in [2.05, 4.69) is 22.3 Å². The maximum Gasteiger partial charge on any atom is 0.266 e. The topological polar surface area (TPSA) is 59.4 Å². The monoisotopic (exact) mass is 380 g/mol. The quantitative estimate of drug-likeness (QED) is 0.637. The fraction of sp³-hybridized carbons (Fsp3) is 0.238. The molecule has 0 bridgehead atoms. The summed E-state index contributed by atoms with van der Waals surface area (Å²) in [5.74, 6) is -0.238. The molecule has 0 spiro atoms. The Morgan fingerprint density at radius 1 is 1.07 bits per heavy atom. The summed E-state index contributed by atoms with van der Waals surface area (Å²) in [6.45, 7) is 3.70. The molecule has 138 valence electrons. The number of hydrogen-bond acceptors (Lipinski definition) is 4. The molecule has 1 fully saturated rings. The van der Waals surface area contributed by atoms with Crippen LogP contribution in [0.15, 0.2) is 66.4 Å². The molecule has 0 atom stereocenters. The highest BCUT2D eigenvalue weighted by Crippen LogP contribution is 2.15. The predicted molar refractivity (Wildman–Crippen MR) is 107 cm³/mol. The van der Waals surface area contributed by atoms with E-state index in [4.69, 9.17) is 11.6 Å². The molecular weight excluding hydrogens is 360 g/mol. The normalized spacial score (nSPS) is 15.3. The molecule has 0 aromatic heterocycles. The van der Waals surface area contributed by atoms with E-state index in [0.29, 0.717) is 18.1 Å². The van der Waals surface area contributed by atoms with Gasteiger partial charge in [-0.15, -0.1) is 0 Å². The van der Waals surface area contributed by atoms with Gasteiger partial charge in [-0.25, -0.2) is 0 Å². The van der Waals surface area contributed by atoms with Crippen LogP contribution in [-0.4, -0.2) is 41.9 Å². The van der Waals surface area contributed by atoms with Crippen molar-refractivity contribution in [2.45, 2.75) is 6.54 Å². The van der Waals surface area contributed by atoms with Crippen LogP contribution in [0.25, 0.3) is 0 Å². The van der Waals surface area contributed by atoms with Crippen molar-refractivity contribution in [1.29, 1.82) is 5.26 Å². The van der Waals surface area contributed by atoms with Crippen molar-refractivity contribution in [3.63, 3.8) is 0 Å². The summed E-state index contributed by atoms with van der Waals surface area (Å²) in [6.07, 6.45) is 1.46. The molecule has 0 radical (unpaired) electrons. The Hall–Kier alpha value is -2.81. The van der Waals surface area contributed by atoms with Crippen molar-refractivity contribution in [3.05, 3.63) is 77.0 Å². The standard InChI is InChI=1S/C21H21ClN4O/c22-19-6-8-20(9-7-19)24-15-18(14-23)21(27)26-12-10-25(11-13-26)16-17-4-2-1-3-5-17/h1-9,15,24H,10-13,16H2/b18-15-. The third kappa shape index (κ3) is 5.33. The molecule has 1 amide bonds. The van der Waals surface area contributed by atoms with Crippen LogP contribution in [0.3, 0.4) is 0 Å². The highest BCUT2D eigenvalue weighted by atomic mass is 35.5. The van der Waals surface area contributed by atoms with Crippen LogP contribution < -0.4 is 5.32 Å². The number of nitrogens with zero attached hydrogens (tertiary/aromatic N) is 3. The molecule has 2 aromatic rings. The van der Waals surface area contributed by atoms with E-state index in [-0.39, 0.29) is 11.5 Å². The van der Waals surface area contributed by atoms with E-state index in [9.17, 15) is 10.1 Å². The lowest BCUT2D eigenvalue weighted by Gasteiger charge is -2.34. The second-order valence-corrected chi connectivity index (χ2v) is 6.81. The Balaban J connectivity index is 1.54. The molecule has 5 nitrogen and oxygen atoms in total. The van der Waals surface area contributed by atoms with E-state index in [1.54, 1.807) is 29.2 Å². The van der Waals surface area contributed by atoms with Crippen molar-refractivity contribution in [1.82, 2.24) is 9.80 Å². The Labute approximate surface area is 164 Å². The minimum atomic E-state index is -0.238. The smallest absolute Gasteiger partial charge is 0.266 e. The molecule has 6 heteroatoms. The molecule has 1 aliphatic heterocycles. The molecule has 1 heterocycles. The van der Waals surface area contributed by atoms with E-state index >= 15 is 0 Å². The van der Waals surface area contributed by atoms with Gasteiger partial charge in [0.25, 0.3) is 5.91 Å². The second kappa shape index (κ2) is 9.22. The summed E-state index contributed by atoms with van der Waals surface area (Å²) in [4.78, 5) is 16.7. The van der Waals surface area contributed by atoms with Crippen molar-refractivity contribution >= 4 is 23.2 Å². The minimum absolute atomic E-state index is 0.0986. The van der Waals surface area contributed by atoms with E-state index in [1.165, 1.54) is 11.8 Å². The lowest BCUT2D eigenvalue weighted by molar-refractivity contribution is -0.128. The lowest BCUT2D eigenvalue weighted by atomic mass is 10.2. The van der Waals surface area contributed by atoms with Gasteiger partial charge in [0.05, 0.1) is 0 Å². The van der Waals surface area contributed by atoms with E-state index in [0.717, 1.165) is 25.3 Å². The molecule has 0 unspecified atom stereocenters. The van der Waals surface area contributed by atoms with E-state index in [1.807, 2.05) is 24.3 Å². The highest BCUT2D eigenvalue weighted by Gasteiger charge is 2.23. The van der Waals surface area contributed by atoms with Gasteiger partial charge in [0.1, 0.15) is 11.6 Å². The number of rotatable bonds is 5. The Bertz CT molecular complexity index is 835. The Morgan fingerprint density at radius 3 is 2.37 bits per heavy atom. The largest absolute Gasteiger partial charge is 0.360 e. The first-order valence-electron chi connectivity index (χ1n) is 8.83. The highest BCUT2D eigenvalue weighted by molar-refractivity contribution is 6.30. The number of hydrogen-bond donors (Lipinski definition) is 1. The van der Waals surface area contributed by atoms with Gasteiger partial charge in [-0.05, 0) is 29.8 Å². The van der Waals surface area contributed by atoms with Gasteiger partial charge in [-0.1, -0.05) is 41.9 Å². The van der Waals surface area contributed by atoms with Gasteiger partial charge in [0.2, 0.25) is 0 Å². The van der Waals surface area contributed by atoms with Crippen LogP contribution >= 0.6 is 11.6 Å². The summed E-state index contributed by atoms with van der Waals surface area (Å²) >= 11 is 5.86. The molecule has 0 aliphatic carbocycles. The number of carbonyl (C=O) groups excluding carboxylic acids is 1. The van der Waals surface area contributed by atoms with Crippen molar-refractivity contribution < 1.29 is 4.79 Å². The summed E-state index contributed by atoms with van der Waals surface area (Å²) in [5, 5.41) is 13.0. The first kappa shape index (κ1) is 19.0. The number of carbonyl (C=O) groups is 1. The third-order valence-electron chi connectivity index (χ3n) is 4.49. The molecule has 3 rings (SSSR count). The summed E-state index contributed by atoms with van der Waals surface area (Å²) < 4.78 is 0. The molecule has 1 aliphatic rings. The van der Waals surface area contributed by atoms with Crippen LogP contribution in [0, 0.1) is 11.3 Å². The first-order valence-corrected chi connectivity index (χ1v) is 9.21. The number of piperazine rings is 1. The Kier molecular flexibility index (Phi) is 6.48. The summed E-state index contributed by atoms with van der Waals surface area (Å²) in [7, 11) is 0. The predicted octanol–water partition coefficient (Wildman–Crippen LogP) is 3.50. The van der Waals surface area contributed by atoms with Crippen LogP contribution in [-0.2, 0) is 11.3 Å². The average Bonchev–Trinajstić information content (AvgIpc) is 2.71. The van der Waals surface area contributed by atoms with Gasteiger partial charge >= 0.3 is 0 Å². The molecule has 0 saturated carbocycles. The fourth-order valence-corrected chi connectivity index (χ4v) is 3.09. The molecule has 1 N–H and O–H groups in total. The van der Waals surface area contributed by atoms with Crippen molar-refractivity contribution in [3.8, 4) is 6.07 Å². The van der Waals surface area contributed by atoms with Crippen LogP contribution in [0.4, 0.5) is 5.69 Å². The number of halogens is 1. The summed E-state index contributed by atoms with van der Waals surface area (Å²) in [6, 6.07) is 19.4. The van der Waals surface area contributed by atoms with Gasteiger partial charge < -0.3 is 10.2 Å². The zero-order valence-electron chi connectivity index (χ0n) is 14.9. The van der Waals surface area contributed by atoms with Gasteiger partial charge in [-0.2, -0.15) is 5.26 Å². The summed E-state index contributed by atoms with van der Waals surface area (Å²) in [5.41, 5.74) is 2.14. The van der Waals surface area contributed by atoms with Crippen molar-refractivity contribution in [2.24, 2.45) is 0 Å².